The summed E-state index contributed by atoms with van der Waals surface area (Å²) < 4.78 is 11.5. The molecule has 0 fully saturated rings. The number of hydrogen-bond acceptors (Lipinski definition) is 4. The highest BCUT2D eigenvalue weighted by Crippen LogP contribution is 2.38. The minimum Gasteiger partial charge on any atom is -0.497 e. The lowest BCUT2D eigenvalue weighted by Crippen LogP contribution is -2.01. The highest BCUT2D eigenvalue weighted by molar-refractivity contribution is 9.10. The third-order valence-electron chi connectivity index (χ3n) is 2.88. The Morgan fingerprint density at radius 3 is 2.47 bits per heavy atom. The van der Waals surface area contributed by atoms with E-state index in [2.05, 4.69) is 15.9 Å². The van der Waals surface area contributed by atoms with Crippen LogP contribution in [0.15, 0.2) is 28.7 Å². The molecule has 0 amide bonds. The van der Waals surface area contributed by atoms with Crippen LogP contribution >= 0.6 is 27.3 Å². The van der Waals surface area contributed by atoms with Crippen LogP contribution in [0.1, 0.15) is 21.4 Å². The van der Waals surface area contributed by atoms with Crippen LogP contribution in [0.3, 0.4) is 0 Å². The Morgan fingerprint density at radius 2 is 1.95 bits per heavy atom. The van der Waals surface area contributed by atoms with E-state index in [0.29, 0.717) is 11.5 Å². The maximum atomic E-state index is 10.5. The Bertz CT molecular complexity index is 561. The van der Waals surface area contributed by atoms with Crippen molar-refractivity contribution in [3.8, 4) is 11.5 Å². The third kappa shape index (κ3) is 2.94. The van der Waals surface area contributed by atoms with Crippen LogP contribution in [0.2, 0.25) is 0 Å². The van der Waals surface area contributed by atoms with Crippen LogP contribution in [-0.4, -0.2) is 19.3 Å². The Hall–Kier alpha value is -1.04. The molecule has 5 heteroatoms. The number of benzene rings is 1. The van der Waals surface area contributed by atoms with Gasteiger partial charge in [0.25, 0.3) is 0 Å². The summed E-state index contributed by atoms with van der Waals surface area (Å²) in [6, 6.07) is 7.35. The number of hydrogen-bond donors (Lipinski definition) is 1. The molecule has 1 heterocycles. The fourth-order valence-electron chi connectivity index (χ4n) is 1.81. The fraction of sp³-hybridized carbons (Fsp3) is 0.286. The average Bonchev–Trinajstić information content (AvgIpc) is 2.77. The monoisotopic (exact) mass is 342 g/mol. The maximum absolute atomic E-state index is 10.5. The second-order valence-corrected chi connectivity index (χ2v) is 6.21. The molecule has 0 radical (unpaired) electrons. The minimum atomic E-state index is -0.698. The summed E-state index contributed by atoms with van der Waals surface area (Å²) in [5.74, 6) is 1.32. The predicted octanol–water partition coefficient (Wildman–Crippen LogP) is 3.92. The van der Waals surface area contributed by atoms with Crippen LogP contribution in [0.5, 0.6) is 11.5 Å². The van der Waals surface area contributed by atoms with Crippen molar-refractivity contribution in [2.24, 2.45) is 0 Å². The van der Waals surface area contributed by atoms with Crippen LogP contribution < -0.4 is 9.47 Å². The molecule has 0 bridgehead atoms. The molecule has 1 atom stereocenters. The van der Waals surface area contributed by atoms with E-state index in [-0.39, 0.29) is 0 Å². The van der Waals surface area contributed by atoms with Crippen LogP contribution in [0.4, 0.5) is 0 Å². The van der Waals surface area contributed by atoms with E-state index >= 15 is 0 Å². The second kappa shape index (κ2) is 5.94. The molecular formula is C14H15BrO3S. The topological polar surface area (TPSA) is 38.7 Å². The van der Waals surface area contributed by atoms with Crippen LogP contribution in [0, 0.1) is 6.92 Å². The first-order chi connectivity index (χ1) is 9.06. The summed E-state index contributed by atoms with van der Waals surface area (Å²) in [5, 5.41) is 10.5. The van der Waals surface area contributed by atoms with Crippen molar-refractivity contribution in [3.63, 3.8) is 0 Å². The molecule has 0 aliphatic rings. The second-order valence-electron chi connectivity index (χ2n) is 4.06. The van der Waals surface area contributed by atoms with Gasteiger partial charge in [0.2, 0.25) is 0 Å². The van der Waals surface area contributed by atoms with Crippen molar-refractivity contribution in [2.45, 2.75) is 13.0 Å². The molecular weight excluding hydrogens is 328 g/mol. The molecule has 3 nitrogen and oxygen atoms in total. The largest absolute Gasteiger partial charge is 0.497 e. The molecule has 0 saturated heterocycles. The number of aliphatic hydroxyl groups is 1. The Kier molecular flexibility index (Phi) is 4.50. The van der Waals surface area contributed by atoms with Crippen LogP contribution in [0.25, 0.3) is 0 Å². The number of methoxy groups -OCH3 is 2. The van der Waals surface area contributed by atoms with E-state index in [9.17, 15) is 5.11 Å². The lowest BCUT2D eigenvalue weighted by molar-refractivity contribution is 0.218. The maximum Gasteiger partial charge on any atom is 0.128 e. The quantitative estimate of drug-likeness (QED) is 0.915. The molecule has 0 aliphatic heterocycles. The van der Waals surface area contributed by atoms with Crippen LogP contribution in [-0.2, 0) is 0 Å². The first-order valence-corrected chi connectivity index (χ1v) is 7.33. The molecule has 0 saturated carbocycles. The third-order valence-corrected chi connectivity index (χ3v) is 5.07. The summed E-state index contributed by atoms with van der Waals surface area (Å²) in [7, 11) is 3.19. The number of thiophene rings is 1. The molecule has 1 N–H and O–H groups in total. The zero-order chi connectivity index (χ0) is 14.0. The van der Waals surface area contributed by atoms with Gasteiger partial charge in [0.15, 0.2) is 0 Å². The lowest BCUT2D eigenvalue weighted by atomic mass is 10.1. The smallest absolute Gasteiger partial charge is 0.128 e. The van der Waals surface area contributed by atoms with Gasteiger partial charge in [-0.05, 0) is 41.1 Å². The zero-order valence-corrected chi connectivity index (χ0v) is 13.3. The van der Waals surface area contributed by atoms with E-state index in [1.54, 1.807) is 31.6 Å². The first-order valence-electron chi connectivity index (χ1n) is 5.72. The number of aliphatic hydroxyl groups excluding tert-OH is 1. The van der Waals surface area contributed by atoms with Gasteiger partial charge in [-0.3, -0.25) is 0 Å². The van der Waals surface area contributed by atoms with Crippen molar-refractivity contribution in [1.29, 1.82) is 0 Å². The van der Waals surface area contributed by atoms with Crippen molar-refractivity contribution in [2.75, 3.05) is 14.2 Å². The summed E-state index contributed by atoms with van der Waals surface area (Å²) in [4.78, 5) is 2.02. The summed E-state index contributed by atoms with van der Waals surface area (Å²) >= 11 is 5.03. The Morgan fingerprint density at radius 1 is 1.21 bits per heavy atom. The number of rotatable bonds is 4. The van der Waals surface area contributed by atoms with Gasteiger partial charge >= 0.3 is 0 Å². The summed E-state index contributed by atoms with van der Waals surface area (Å²) in [6.45, 7) is 2.01. The number of aryl methyl sites for hydroxylation is 1. The highest BCUT2D eigenvalue weighted by atomic mass is 79.9. The Balaban J connectivity index is 2.40. The van der Waals surface area contributed by atoms with Gasteiger partial charge in [0.05, 0.1) is 14.2 Å². The molecule has 1 aromatic heterocycles. The van der Waals surface area contributed by atoms with Gasteiger partial charge in [-0.2, -0.15) is 0 Å². The molecule has 19 heavy (non-hydrogen) atoms. The molecule has 2 rings (SSSR count). The molecule has 1 aromatic carbocycles. The van der Waals surface area contributed by atoms with E-state index in [0.717, 1.165) is 19.8 Å². The molecule has 102 valence electrons. The van der Waals surface area contributed by atoms with Crippen molar-refractivity contribution < 1.29 is 14.6 Å². The van der Waals surface area contributed by atoms with Gasteiger partial charge in [-0.25, -0.2) is 0 Å². The van der Waals surface area contributed by atoms with Crippen molar-refractivity contribution in [3.05, 3.63) is 44.1 Å². The normalized spacial score (nSPS) is 12.3. The van der Waals surface area contributed by atoms with Gasteiger partial charge in [0, 0.05) is 25.9 Å². The van der Waals surface area contributed by atoms with Crippen molar-refractivity contribution >= 4 is 27.3 Å². The predicted molar refractivity (Wildman–Crippen MR) is 80.4 cm³/mol. The average molecular weight is 343 g/mol. The van der Waals surface area contributed by atoms with Gasteiger partial charge in [0.1, 0.15) is 17.6 Å². The SMILES string of the molecule is COc1ccc(C(O)c2cc(Br)c(C)s2)c(OC)c1. The van der Waals surface area contributed by atoms with Gasteiger partial charge in [-0.1, -0.05) is 0 Å². The Labute approximate surface area is 124 Å². The minimum absolute atomic E-state index is 0.619. The highest BCUT2D eigenvalue weighted by Gasteiger charge is 2.19. The molecule has 0 aliphatic carbocycles. The molecule has 0 spiro atoms. The zero-order valence-electron chi connectivity index (χ0n) is 10.9. The molecule has 2 aromatic rings. The van der Waals surface area contributed by atoms with E-state index < -0.39 is 6.10 Å². The number of ether oxygens (including phenoxy) is 2. The van der Waals surface area contributed by atoms with Crippen molar-refractivity contribution in [1.82, 2.24) is 0 Å². The van der Waals surface area contributed by atoms with E-state index in [1.165, 1.54) is 0 Å². The first kappa shape index (κ1) is 14.4. The van der Waals surface area contributed by atoms with Gasteiger partial charge < -0.3 is 14.6 Å². The summed E-state index contributed by atoms with van der Waals surface area (Å²) in [6.07, 6.45) is -0.698. The molecule has 1 unspecified atom stereocenters. The number of halogens is 1. The summed E-state index contributed by atoms with van der Waals surface area (Å²) in [5.41, 5.74) is 0.733. The fourth-order valence-corrected chi connectivity index (χ4v) is 3.38. The lowest BCUT2D eigenvalue weighted by Gasteiger charge is -2.14. The van der Waals surface area contributed by atoms with E-state index in [1.807, 2.05) is 25.1 Å². The standard InChI is InChI=1S/C14H15BrO3S/c1-8-11(15)7-13(19-8)14(16)10-5-4-9(17-2)6-12(10)18-3/h4-7,14,16H,1-3H3. The van der Waals surface area contributed by atoms with Gasteiger partial charge in [-0.15, -0.1) is 11.3 Å². The van der Waals surface area contributed by atoms with E-state index in [4.69, 9.17) is 9.47 Å².